The van der Waals surface area contributed by atoms with Crippen molar-refractivity contribution in [1.29, 1.82) is 0 Å². The molecule has 4 nitrogen and oxygen atoms in total. The molecule has 0 amide bonds. The summed E-state index contributed by atoms with van der Waals surface area (Å²) in [6, 6.07) is 8.97. The fraction of sp³-hybridized carbons (Fsp3) is 0.231. The smallest absolute Gasteiger partial charge is 0.271 e. The molecular formula is C13H15BrN2O2S2. The van der Waals surface area contributed by atoms with Crippen LogP contribution in [0.15, 0.2) is 38.3 Å². The molecule has 2 N–H and O–H groups in total. The summed E-state index contributed by atoms with van der Waals surface area (Å²) in [5.41, 5.74) is 2.58. The molecule has 2 aromatic rings. The summed E-state index contributed by atoms with van der Waals surface area (Å²) < 4.78 is 28.2. The second-order valence-electron chi connectivity index (χ2n) is 4.35. The van der Waals surface area contributed by atoms with Crippen molar-refractivity contribution in [2.45, 2.75) is 17.7 Å². The van der Waals surface area contributed by atoms with E-state index in [9.17, 15) is 8.42 Å². The summed E-state index contributed by atoms with van der Waals surface area (Å²) >= 11 is 4.55. The van der Waals surface area contributed by atoms with Gasteiger partial charge in [0.25, 0.3) is 10.0 Å². The van der Waals surface area contributed by atoms with Crippen LogP contribution in [0, 0.1) is 6.92 Å². The van der Waals surface area contributed by atoms with E-state index in [1.54, 1.807) is 18.2 Å². The van der Waals surface area contributed by atoms with Crippen LogP contribution in [0.5, 0.6) is 0 Å². The SMILES string of the molecule is CNCc1ccc(NS(=O)(=O)c2cc(C)c(Br)s2)cc1. The van der Waals surface area contributed by atoms with Crippen LogP contribution in [0.2, 0.25) is 0 Å². The molecule has 0 radical (unpaired) electrons. The number of anilines is 1. The first-order valence-corrected chi connectivity index (χ1v) is 9.04. The van der Waals surface area contributed by atoms with Gasteiger partial charge in [-0.25, -0.2) is 8.42 Å². The highest BCUT2D eigenvalue weighted by Crippen LogP contribution is 2.31. The summed E-state index contributed by atoms with van der Waals surface area (Å²) in [5, 5.41) is 3.04. The normalized spacial score (nSPS) is 11.6. The topological polar surface area (TPSA) is 58.2 Å². The maximum absolute atomic E-state index is 12.2. The van der Waals surface area contributed by atoms with E-state index in [1.807, 2.05) is 26.1 Å². The maximum Gasteiger partial charge on any atom is 0.271 e. The van der Waals surface area contributed by atoms with Gasteiger partial charge in [-0.05, 0) is 59.2 Å². The zero-order chi connectivity index (χ0) is 14.8. The summed E-state index contributed by atoms with van der Waals surface area (Å²) in [6.45, 7) is 2.62. The molecule has 0 aliphatic carbocycles. The van der Waals surface area contributed by atoms with Gasteiger partial charge in [0.05, 0.1) is 3.79 Å². The van der Waals surface area contributed by atoms with E-state index in [0.29, 0.717) is 9.90 Å². The third kappa shape index (κ3) is 3.60. The Morgan fingerprint density at radius 1 is 1.25 bits per heavy atom. The minimum atomic E-state index is -3.52. The number of nitrogens with one attached hydrogen (secondary N) is 2. The van der Waals surface area contributed by atoms with Crippen molar-refractivity contribution < 1.29 is 8.42 Å². The fourth-order valence-electron chi connectivity index (χ4n) is 1.66. The van der Waals surface area contributed by atoms with Crippen LogP contribution in [-0.4, -0.2) is 15.5 Å². The first kappa shape index (κ1) is 15.5. The van der Waals surface area contributed by atoms with E-state index in [-0.39, 0.29) is 0 Å². The molecule has 7 heteroatoms. The van der Waals surface area contributed by atoms with Crippen LogP contribution in [-0.2, 0) is 16.6 Å². The average Bonchev–Trinajstić information content (AvgIpc) is 2.73. The zero-order valence-electron chi connectivity index (χ0n) is 11.1. The highest BCUT2D eigenvalue weighted by molar-refractivity contribution is 9.11. The van der Waals surface area contributed by atoms with Gasteiger partial charge >= 0.3 is 0 Å². The van der Waals surface area contributed by atoms with E-state index >= 15 is 0 Å². The van der Waals surface area contributed by atoms with Crippen molar-refractivity contribution in [1.82, 2.24) is 5.32 Å². The number of halogens is 1. The molecular weight excluding hydrogens is 360 g/mol. The highest BCUT2D eigenvalue weighted by atomic mass is 79.9. The van der Waals surface area contributed by atoms with Gasteiger partial charge < -0.3 is 5.32 Å². The lowest BCUT2D eigenvalue weighted by Crippen LogP contribution is -2.11. The Labute approximate surface area is 131 Å². The van der Waals surface area contributed by atoms with Crippen LogP contribution >= 0.6 is 27.3 Å². The molecule has 20 heavy (non-hydrogen) atoms. The molecule has 0 bridgehead atoms. The van der Waals surface area contributed by atoms with Gasteiger partial charge in [0.15, 0.2) is 0 Å². The number of benzene rings is 1. The number of rotatable bonds is 5. The molecule has 0 aliphatic heterocycles. The minimum Gasteiger partial charge on any atom is -0.316 e. The molecule has 1 aromatic carbocycles. The van der Waals surface area contributed by atoms with E-state index in [2.05, 4.69) is 26.0 Å². The molecule has 2 rings (SSSR count). The molecule has 0 aliphatic rings. The van der Waals surface area contributed by atoms with Gasteiger partial charge in [-0.1, -0.05) is 12.1 Å². The molecule has 0 saturated carbocycles. The third-order valence-corrected chi connectivity index (χ3v) is 6.68. The monoisotopic (exact) mass is 374 g/mol. The summed E-state index contributed by atoms with van der Waals surface area (Å²) in [6.07, 6.45) is 0. The predicted octanol–water partition coefficient (Wildman–Crippen LogP) is 3.34. The molecule has 1 heterocycles. The van der Waals surface area contributed by atoms with Gasteiger partial charge in [0, 0.05) is 12.2 Å². The van der Waals surface area contributed by atoms with Crippen LogP contribution in [0.1, 0.15) is 11.1 Å². The molecule has 108 valence electrons. The van der Waals surface area contributed by atoms with Gasteiger partial charge in [-0.3, -0.25) is 4.72 Å². The van der Waals surface area contributed by atoms with Crippen molar-refractivity contribution >= 4 is 43.0 Å². The molecule has 0 fully saturated rings. The Balaban J connectivity index is 2.19. The summed E-state index contributed by atoms with van der Waals surface area (Å²) in [7, 11) is -1.65. The van der Waals surface area contributed by atoms with Gasteiger partial charge in [-0.15, -0.1) is 11.3 Å². The minimum absolute atomic E-state index is 0.307. The average molecular weight is 375 g/mol. The second kappa shape index (κ2) is 6.26. The van der Waals surface area contributed by atoms with E-state index in [4.69, 9.17) is 0 Å². The highest BCUT2D eigenvalue weighted by Gasteiger charge is 2.18. The van der Waals surface area contributed by atoms with Crippen molar-refractivity contribution in [3.8, 4) is 0 Å². The summed E-state index contributed by atoms with van der Waals surface area (Å²) in [5.74, 6) is 0. The first-order valence-electron chi connectivity index (χ1n) is 5.94. The standard InChI is InChI=1S/C13H15BrN2O2S2/c1-9-7-12(19-13(9)14)20(17,18)16-11-5-3-10(4-6-11)8-15-2/h3-7,15-16H,8H2,1-2H3. The Bertz CT molecular complexity index is 674. The largest absolute Gasteiger partial charge is 0.316 e. The molecule has 1 aromatic heterocycles. The van der Waals surface area contributed by atoms with Crippen LogP contribution in [0.25, 0.3) is 0 Å². The van der Waals surface area contributed by atoms with E-state index in [1.165, 1.54) is 11.3 Å². The van der Waals surface area contributed by atoms with Crippen LogP contribution in [0.4, 0.5) is 5.69 Å². The first-order chi connectivity index (χ1) is 9.42. The summed E-state index contributed by atoms with van der Waals surface area (Å²) in [4.78, 5) is 0. The van der Waals surface area contributed by atoms with Gasteiger partial charge in [0.2, 0.25) is 0 Å². The number of thiophene rings is 1. The lowest BCUT2D eigenvalue weighted by atomic mass is 10.2. The molecule has 0 unspecified atom stereocenters. The Hall–Kier alpha value is -0.890. The van der Waals surface area contributed by atoms with Crippen molar-refractivity contribution in [3.05, 3.63) is 45.2 Å². The van der Waals surface area contributed by atoms with Gasteiger partial charge in [0.1, 0.15) is 4.21 Å². The van der Waals surface area contributed by atoms with Crippen molar-refractivity contribution in [2.75, 3.05) is 11.8 Å². The van der Waals surface area contributed by atoms with E-state index < -0.39 is 10.0 Å². The molecule has 0 atom stereocenters. The second-order valence-corrected chi connectivity index (χ2v) is 8.63. The number of hydrogen-bond acceptors (Lipinski definition) is 4. The predicted molar refractivity (Wildman–Crippen MR) is 86.8 cm³/mol. The molecule has 0 spiro atoms. The third-order valence-electron chi connectivity index (χ3n) is 2.69. The number of aryl methyl sites for hydroxylation is 1. The maximum atomic E-state index is 12.2. The quantitative estimate of drug-likeness (QED) is 0.843. The number of hydrogen-bond donors (Lipinski definition) is 2. The Kier molecular flexibility index (Phi) is 4.85. The lowest BCUT2D eigenvalue weighted by molar-refractivity contribution is 0.603. The Morgan fingerprint density at radius 3 is 2.40 bits per heavy atom. The molecule has 0 saturated heterocycles. The number of sulfonamides is 1. The van der Waals surface area contributed by atoms with Gasteiger partial charge in [-0.2, -0.15) is 0 Å². The van der Waals surface area contributed by atoms with E-state index in [0.717, 1.165) is 21.5 Å². The van der Waals surface area contributed by atoms with Crippen LogP contribution < -0.4 is 10.0 Å². The van der Waals surface area contributed by atoms with Crippen molar-refractivity contribution in [3.63, 3.8) is 0 Å². The Morgan fingerprint density at radius 2 is 1.90 bits per heavy atom. The van der Waals surface area contributed by atoms with Crippen LogP contribution in [0.3, 0.4) is 0 Å². The zero-order valence-corrected chi connectivity index (χ0v) is 14.3. The van der Waals surface area contributed by atoms with Crippen molar-refractivity contribution in [2.24, 2.45) is 0 Å². The lowest BCUT2D eigenvalue weighted by Gasteiger charge is -2.07. The fourth-order valence-corrected chi connectivity index (χ4v) is 4.95.